The van der Waals surface area contributed by atoms with Crippen LogP contribution >= 0.6 is 0 Å². The second-order valence-corrected chi connectivity index (χ2v) is 7.10. The first-order valence-corrected chi connectivity index (χ1v) is 8.43. The highest BCUT2D eigenvalue weighted by Gasteiger charge is 2.22. The molecule has 0 spiro atoms. The van der Waals surface area contributed by atoms with E-state index >= 15 is 0 Å². The van der Waals surface area contributed by atoms with Crippen LogP contribution in [-0.4, -0.2) is 19.0 Å². The molecule has 1 aliphatic carbocycles. The first-order valence-electron chi connectivity index (χ1n) is 6.95. The monoisotopic (exact) mass is 309 g/mol. The number of hydrogen-bond donors (Lipinski definition) is 2. The fourth-order valence-electron chi connectivity index (χ4n) is 2.10. The maximum absolute atomic E-state index is 12.3. The minimum absolute atomic E-state index is 0.153. The second-order valence-electron chi connectivity index (χ2n) is 5.34. The second kappa shape index (κ2) is 5.67. The van der Waals surface area contributed by atoms with Crippen LogP contribution in [0.1, 0.15) is 24.3 Å². The van der Waals surface area contributed by atoms with Crippen LogP contribution in [-0.2, 0) is 30.2 Å². The van der Waals surface area contributed by atoms with E-state index in [2.05, 4.69) is 10.0 Å². The molecule has 1 fully saturated rings. The lowest BCUT2D eigenvalue weighted by Crippen LogP contribution is -2.22. The number of rotatable bonds is 7. The Morgan fingerprint density at radius 3 is 2.86 bits per heavy atom. The number of nitrogens with zero attached hydrogens (tertiary/aromatic N) is 1. The van der Waals surface area contributed by atoms with E-state index in [0.29, 0.717) is 18.3 Å². The summed E-state index contributed by atoms with van der Waals surface area (Å²) in [7, 11) is -1.66. The zero-order chi connectivity index (χ0) is 14.9. The molecule has 0 unspecified atom stereocenters. The van der Waals surface area contributed by atoms with Gasteiger partial charge in [0, 0.05) is 31.5 Å². The van der Waals surface area contributed by atoms with Crippen LogP contribution in [0, 0.1) is 0 Å². The summed E-state index contributed by atoms with van der Waals surface area (Å²) in [4.78, 5) is 0.282. The quantitative estimate of drug-likeness (QED) is 0.809. The number of sulfonamides is 1. The van der Waals surface area contributed by atoms with E-state index in [1.807, 2.05) is 11.6 Å². The predicted octanol–water partition coefficient (Wildman–Crippen LogP) is 1.35. The molecule has 2 heterocycles. The van der Waals surface area contributed by atoms with Crippen LogP contribution in [0.25, 0.3) is 0 Å². The number of aromatic nitrogens is 1. The lowest BCUT2D eigenvalue weighted by atomic mass is 10.4. The lowest BCUT2D eigenvalue weighted by Gasteiger charge is -2.03. The summed E-state index contributed by atoms with van der Waals surface area (Å²) in [5.74, 6) is 0.588. The average Bonchev–Trinajstić information content (AvgIpc) is 2.98. The minimum atomic E-state index is -3.52. The van der Waals surface area contributed by atoms with E-state index in [1.165, 1.54) is 19.1 Å². The molecule has 1 saturated carbocycles. The summed E-state index contributed by atoms with van der Waals surface area (Å²) >= 11 is 0. The third-order valence-corrected chi connectivity index (χ3v) is 4.93. The number of furan rings is 1. The van der Waals surface area contributed by atoms with Gasteiger partial charge in [-0.05, 0) is 31.0 Å². The van der Waals surface area contributed by atoms with E-state index in [0.717, 1.165) is 5.69 Å². The van der Waals surface area contributed by atoms with Crippen molar-refractivity contribution < 1.29 is 12.8 Å². The van der Waals surface area contributed by atoms with Gasteiger partial charge < -0.3 is 14.3 Å². The Balaban J connectivity index is 1.67. The molecule has 21 heavy (non-hydrogen) atoms. The van der Waals surface area contributed by atoms with Crippen molar-refractivity contribution in [2.45, 2.75) is 36.9 Å². The van der Waals surface area contributed by atoms with E-state index in [9.17, 15) is 8.42 Å². The summed E-state index contributed by atoms with van der Waals surface area (Å²) in [6.07, 6.45) is 5.57. The summed E-state index contributed by atoms with van der Waals surface area (Å²) in [6, 6.07) is 5.77. The predicted molar refractivity (Wildman–Crippen MR) is 78.0 cm³/mol. The maximum atomic E-state index is 12.3. The molecule has 6 nitrogen and oxygen atoms in total. The smallest absolute Gasteiger partial charge is 0.242 e. The Bertz CT molecular complexity index is 700. The van der Waals surface area contributed by atoms with Gasteiger partial charge >= 0.3 is 0 Å². The van der Waals surface area contributed by atoms with Gasteiger partial charge in [0.2, 0.25) is 10.0 Å². The molecule has 7 heteroatoms. The van der Waals surface area contributed by atoms with Crippen molar-refractivity contribution in [1.29, 1.82) is 0 Å². The topological polar surface area (TPSA) is 76.3 Å². The van der Waals surface area contributed by atoms with Crippen molar-refractivity contribution >= 4 is 10.0 Å². The number of nitrogens with one attached hydrogen (secondary N) is 2. The fraction of sp³-hybridized carbons (Fsp3) is 0.429. The Labute approximate surface area is 124 Å². The summed E-state index contributed by atoms with van der Waals surface area (Å²) < 4.78 is 34.0. The van der Waals surface area contributed by atoms with E-state index in [4.69, 9.17) is 4.42 Å². The third-order valence-electron chi connectivity index (χ3n) is 3.56. The number of hydrogen-bond acceptors (Lipinski definition) is 4. The van der Waals surface area contributed by atoms with Gasteiger partial charge in [-0.2, -0.15) is 0 Å². The highest BCUT2D eigenvalue weighted by molar-refractivity contribution is 7.89. The van der Waals surface area contributed by atoms with Crippen molar-refractivity contribution in [3.05, 3.63) is 42.1 Å². The largest absolute Gasteiger partial charge is 0.468 e. The first kappa shape index (κ1) is 14.4. The Kier molecular flexibility index (Phi) is 3.88. The van der Waals surface area contributed by atoms with Crippen molar-refractivity contribution in [3.8, 4) is 0 Å². The fourth-order valence-corrected chi connectivity index (χ4v) is 3.19. The first-order chi connectivity index (χ1) is 10.0. The van der Waals surface area contributed by atoms with Gasteiger partial charge in [0.25, 0.3) is 0 Å². The van der Waals surface area contributed by atoms with Crippen LogP contribution in [0.15, 0.2) is 40.0 Å². The van der Waals surface area contributed by atoms with Gasteiger partial charge in [-0.1, -0.05) is 0 Å². The molecule has 0 radical (unpaired) electrons. The van der Waals surface area contributed by atoms with Crippen LogP contribution in [0.4, 0.5) is 0 Å². The average molecular weight is 309 g/mol. The van der Waals surface area contributed by atoms with Gasteiger partial charge in [0.05, 0.1) is 17.7 Å². The summed E-state index contributed by atoms with van der Waals surface area (Å²) in [5.41, 5.74) is 0.959. The molecule has 2 N–H and O–H groups in total. The molecular weight excluding hydrogens is 290 g/mol. The van der Waals surface area contributed by atoms with Crippen LogP contribution in [0.5, 0.6) is 0 Å². The van der Waals surface area contributed by atoms with Crippen molar-refractivity contribution in [1.82, 2.24) is 14.6 Å². The molecule has 2 aromatic rings. The molecule has 0 atom stereocenters. The maximum Gasteiger partial charge on any atom is 0.242 e. The highest BCUT2D eigenvalue weighted by Crippen LogP contribution is 2.20. The Morgan fingerprint density at radius 1 is 1.38 bits per heavy atom. The molecular formula is C14H19N3O3S. The molecule has 0 aliphatic heterocycles. The zero-order valence-corrected chi connectivity index (χ0v) is 12.7. The van der Waals surface area contributed by atoms with Gasteiger partial charge in [-0.25, -0.2) is 13.1 Å². The van der Waals surface area contributed by atoms with Gasteiger partial charge in [-0.3, -0.25) is 0 Å². The number of aryl methyl sites for hydroxylation is 1. The third kappa shape index (κ3) is 3.55. The lowest BCUT2D eigenvalue weighted by molar-refractivity contribution is 0.498. The van der Waals surface area contributed by atoms with Crippen molar-refractivity contribution in [2.24, 2.45) is 7.05 Å². The van der Waals surface area contributed by atoms with Crippen molar-refractivity contribution in [2.75, 3.05) is 0 Å². The Hall–Kier alpha value is -1.57. The SMILES string of the molecule is Cn1cc(S(=O)(=O)NCc2ccco2)cc1CNC1CC1. The standard InChI is InChI=1S/C14H19N3O3S/c1-17-10-14(7-12(17)8-15-11-4-5-11)21(18,19)16-9-13-3-2-6-20-13/h2-3,6-7,10-11,15-16H,4-5,8-9H2,1H3. The molecule has 1 aliphatic rings. The van der Waals surface area contributed by atoms with Crippen molar-refractivity contribution in [3.63, 3.8) is 0 Å². The zero-order valence-electron chi connectivity index (χ0n) is 11.9. The minimum Gasteiger partial charge on any atom is -0.468 e. The normalized spacial score (nSPS) is 15.5. The van der Waals surface area contributed by atoms with E-state index in [-0.39, 0.29) is 11.4 Å². The summed E-state index contributed by atoms with van der Waals surface area (Å²) in [5, 5.41) is 3.38. The van der Waals surface area contributed by atoms with E-state index < -0.39 is 10.0 Å². The molecule has 0 bridgehead atoms. The van der Waals surface area contributed by atoms with Crippen LogP contribution in [0.2, 0.25) is 0 Å². The molecule has 0 saturated heterocycles. The van der Waals surface area contributed by atoms with Crippen LogP contribution < -0.4 is 10.0 Å². The highest BCUT2D eigenvalue weighted by atomic mass is 32.2. The summed E-state index contributed by atoms with van der Waals surface area (Å²) in [6.45, 7) is 0.842. The van der Waals surface area contributed by atoms with Crippen LogP contribution in [0.3, 0.4) is 0 Å². The molecule has 3 rings (SSSR count). The van der Waals surface area contributed by atoms with E-state index in [1.54, 1.807) is 24.4 Å². The Morgan fingerprint density at radius 2 is 2.19 bits per heavy atom. The van der Waals surface area contributed by atoms with Gasteiger partial charge in [0.15, 0.2) is 0 Å². The van der Waals surface area contributed by atoms with Gasteiger partial charge in [-0.15, -0.1) is 0 Å². The molecule has 0 aromatic carbocycles. The van der Waals surface area contributed by atoms with Gasteiger partial charge in [0.1, 0.15) is 5.76 Å². The molecule has 2 aromatic heterocycles. The molecule has 0 amide bonds. The molecule has 114 valence electrons.